The Labute approximate surface area is 176 Å². The molecule has 2 aliphatic rings. The van der Waals surface area contributed by atoms with E-state index in [1.807, 2.05) is 15.6 Å². The summed E-state index contributed by atoms with van der Waals surface area (Å²) >= 11 is 0. The van der Waals surface area contributed by atoms with Crippen molar-refractivity contribution >= 4 is 17.6 Å². The number of alkyl halides is 3. The van der Waals surface area contributed by atoms with Gasteiger partial charge in [-0.25, -0.2) is 4.79 Å². The fourth-order valence-corrected chi connectivity index (χ4v) is 4.45. The topological polar surface area (TPSA) is 113 Å². The van der Waals surface area contributed by atoms with Crippen molar-refractivity contribution in [2.24, 2.45) is 11.8 Å². The van der Waals surface area contributed by atoms with Crippen LogP contribution in [0, 0.1) is 11.8 Å². The van der Waals surface area contributed by atoms with Crippen LogP contribution in [0.25, 0.3) is 0 Å². The standard InChI is InChI=1S/C20H27F3N4O4/c1-11(2)10-27-15-14(16(29)25-18(27)31)19(17(30)24-15,20(21,22)23)26-13(28)9-8-12-6-4-3-5-7-12/h11-12H,3-10H2,1-2H3,(H,24,30)(H,26,28)(H,25,29,31)/t19-/m0/s1. The van der Waals surface area contributed by atoms with Crippen LogP contribution < -0.4 is 21.9 Å². The Kier molecular flexibility index (Phi) is 6.33. The normalized spacial score (nSPS) is 21.8. The zero-order valence-electron chi connectivity index (χ0n) is 17.5. The molecule has 1 fully saturated rings. The number of amides is 2. The molecule has 0 spiro atoms. The van der Waals surface area contributed by atoms with Crippen molar-refractivity contribution in [3.63, 3.8) is 0 Å². The van der Waals surface area contributed by atoms with Gasteiger partial charge >= 0.3 is 11.9 Å². The molecule has 172 valence electrons. The van der Waals surface area contributed by atoms with Gasteiger partial charge in [0.2, 0.25) is 11.4 Å². The van der Waals surface area contributed by atoms with E-state index in [0.717, 1.165) is 36.7 Å². The fourth-order valence-electron chi connectivity index (χ4n) is 4.45. The number of rotatable bonds is 6. The summed E-state index contributed by atoms with van der Waals surface area (Å²) in [4.78, 5) is 51.6. The van der Waals surface area contributed by atoms with Crippen LogP contribution in [0.2, 0.25) is 0 Å². The molecule has 2 heterocycles. The first-order valence-electron chi connectivity index (χ1n) is 10.5. The Balaban J connectivity index is 1.99. The third-order valence-electron chi connectivity index (χ3n) is 5.95. The maximum Gasteiger partial charge on any atom is 0.425 e. The molecule has 3 N–H and O–H groups in total. The van der Waals surface area contributed by atoms with E-state index in [2.05, 4.69) is 0 Å². The van der Waals surface area contributed by atoms with E-state index in [1.165, 1.54) is 0 Å². The Morgan fingerprint density at radius 2 is 1.84 bits per heavy atom. The number of aromatic amines is 1. The molecule has 1 saturated carbocycles. The van der Waals surface area contributed by atoms with Crippen molar-refractivity contribution in [3.05, 3.63) is 26.4 Å². The molecule has 0 unspecified atom stereocenters. The molecule has 0 saturated heterocycles. The van der Waals surface area contributed by atoms with Gasteiger partial charge in [-0.2, -0.15) is 13.2 Å². The van der Waals surface area contributed by atoms with Gasteiger partial charge in [0, 0.05) is 13.0 Å². The largest absolute Gasteiger partial charge is 0.425 e. The van der Waals surface area contributed by atoms with Gasteiger partial charge in [0.15, 0.2) is 0 Å². The zero-order valence-corrected chi connectivity index (χ0v) is 17.5. The summed E-state index contributed by atoms with van der Waals surface area (Å²) in [6.45, 7) is 3.43. The molecule has 31 heavy (non-hydrogen) atoms. The second-order valence-corrected chi connectivity index (χ2v) is 8.78. The lowest BCUT2D eigenvalue weighted by molar-refractivity contribution is -0.200. The number of aromatic nitrogens is 2. The van der Waals surface area contributed by atoms with Gasteiger partial charge in [-0.05, 0) is 18.3 Å². The number of hydrogen-bond donors (Lipinski definition) is 3. The lowest BCUT2D eigenvalue weighted by Crippen LogP contribution is -2.62. The molecule has 1 atom stereocenters. The molecule has 1 aliphatic heterocycles. The molecule has 1 aromatic heterocycles. The first-order valence-corrected chi connectivity index (χ1v) is 10.5. The molecule has 1 aromatic rings. The van der Waals surface area contributed by atoms with E-state index >= 15 is 0 Å². The predicted octanol–water partition coefficient (Wildman–Crippen LogP) is 2.38. The van der Waals surface area contributed by atoms with Gasteiger partial charge in [-0.1, -0.05) is 46.0 Å². The van der Waals surface area contributed by atoms with Gasteiger partial charge < -0.3 is 10.6 Å². The number of H-pyrrole nitrogens is 1. The number of anilines is 1. The van der Waals surface area contributed by atoms with E-state index in [9.17, 15) is 32.3 Å². The molecule has 0 aromatic carbocycles. The molecule has 0 bridgehead atoms. The summed E-state index contributed by atoms with van der Waals surface area (Å²) in [5.41, 5.74) is -6.84. The average Bonchev–Trinajstić information content (AvgIpc) is 2.97. The van der Waals surface area contributed by atoms with E-state index in [1.54, 1.807) is 13.8 Å². The van der Waals surface area contributed by atoms with Crippen molar-refractivity contribution in [1.29, 1.82) is 0 Å². The van der Waals surface area contributed by atoms with E-state index < -0.39 is 46.2 Å². The number of hydrogen-bond acceptors (Lipinski definition) is 4. The number of carbonyl (C=O) groups excluding carboxylic acids is 2. The lowest BCUT2D eigenvalue weighted by atomic mass is 9.85. The number of nitrogens with one attached hydrogen (secondary N) is 3. The minimum Gasteiger partial charge on any atom is -0.330 e. The van der Waals surface area contributed by atoms with Crippen molar-refractivity contribution < 1.29 is 22.8 Å². The van der Waals surface area contributed by atoms with Crippen LogP contribution in [0.3, 0.4) is 0 Å². The minimum atomic E-state index is -5.30. The zero-order chi connectivity index (χ0) is 23.0. The van der Waals surface area contributed by atoms with Crippen molar-refractivity contribution in [2.45, 2.75) is 77.1 Å². The van der Waals surface area contributed by atoms with Crippen LogP contribution in [-0.2, 0) is 21.7 Å². The van der Waals surface area contributed by atoms with Crippen molar-refractivity contribution in [3.8, 4) is 0 Å². The summed E-state index contributed by atoms with van der Waals surface area (Å²) in [5, 5.41) is 3.84. The third kappa shape index (κ3) is 4.27. The van der Waals surface area contributed by atoms with Crippen LogP contribution in [0.5, 0.6) is 0 Å². The maximum absolute atomic E-state index is 14.3. The molecule has 8 nitrogen and oxygen atoms in total. The van der Waals surface area contributed by atoms with Crippen LogP contribution in [-0.4, -0.2) is 27.5 Å². The third-order valence-corrected chi connectivity index (χ3v) is 5.95. The van der Waals surface area contributed by atoms with Gasteiger partial charge in [-0.15, -0.1) is 0 Å². The van der Waals surface area contributed by atoms with Crippen molar-refractivity contribution in [1.82, 2.24) is 14.9 Å². The number of nitrogens with zero attached hydrogens (tertiary/aromatic N) is 1. The second kappa shape index (κ2) is 8.51. The molecule has 2 amide bonds. The average molecular weight is 444 g/mol. The monoisotopic (exact) mass is 444 g/mol. The Morgan fingerprint density at radius 3 is 2.42 bits per heavy atom. The first-order chi connectivity index (χ1) is 14.5. The predicted molar refractivity (Wildman–Crippen MR) is 106 cm³/mol. The summed E-state index contributed by atoms with van der Waals surface area (Å²) in [6.07, 6.45) is -0.0708. The van der Waals surface area contributed by atoms with E-state index in [0.29, 0.717) is 6.42 Å². The van der Waals surface area contributed by atoms with E-state index in [4.69, 9.17) is 0 Å². The Bertz CT molecular complexity index is 976. The van der Waals surface area contributed by atoms with Crippen LogP contribution in [0.4, 0.5) is 19.0 Å². The highest BCUT2D eigenvalue weighted by molar-refractivity contribution is 6.07. The molecular formula is C20H27F3N4O4. The van der Waals surface area contributed by atoms with Crippen LogP contribution in [0.1, 0.15) is 64.4 Å². The Morgan fingerprint density at radius 1 is 1.19 bits per heavy atom. The number of fused-ring (bicyclic) bond motifs is 1. The Hall–Kier alpha value is -2.59. The molecule has 0 radical (unpaired) electrons. The van der Waals surface area contributed by atoms with Gasteiger partial charge in [0.1, 0.15) is 11.4 Å². The van der Waals surface area contributed by atoms with Gasteiger partial charge in [0.25, 0.3) is 11.5 Å². The lowest BCUT2D eigenvalue weighted by Gasteiger charge is -2.30. The van der Waals surface area contributed by atoms with Gasteiger partial charge in [0.05, 0.1) is 0 Å². The summed E-state index contributed by atoms with van der Waals surface area (Å²) in [5.74, 6) is -3.00. The minimum absolute atomic E-state index is 0.0260. The highest BCUT2D eigenvalue weighted by Gasteiger charge is 2.68. The highest BCUT2D eigenvalue weighted by atomic mass is 19.4. The highest BCUT2D eigenvalue weighted by Crippen LogP contribution is 2.45. The fraction of sp³-hybridized carbons (Fsp3) is 0.700. The number of halogens is 3. The first kappa shape index (κ1) is 23.1. The van der Waals surface area contributed by atoms with Crippen LogP contribution >= 0.6 is 0 Å². The SMILES string of the molecule is CC(C)Cn1c2c(c(=O)[nH]c1=O)[C@@](NC(=O)CCC1CCCCC1)(C(F)(F)F)C(=O)N2. The van der Waals surface area contributed by atoms with Gasteiger partial charge in [-0.3, -0.25) is 23.9 Å². The molecule has 3 rings (SSSR count). The number of carbonyl (C=O) groups is 2. The molecular weight excluding hydrogens is 417 g/mol. The van der Waals surface area contributed by atoms with Crippen molar-refractivity contribution in [2.75, 3.05) is 5.32 Å². The maximum atomic E-state index is 14.3. The smallest absolute Gasteiger partial charge is 0.330 e. The molecule has 1 aliphatic carbocycles. The van der Waals surface area contributed by atoms with E-state index in [-0.39, 0.29) is 24.8 Å². The second-order valence-electron chi connectivity index (χ2n) is 8.78. The summed E-state index contributed by atoms with van der Waals surface area (Å²) in [6, 6.07) is 0. The van der Waals surface area contributed by atoms with Crippen LogP contribution in [0.15, 0.2) is 9.59 Å². The molecule has 11 heteroatoms. The summed E-state index contributed by atoms with van der Waals surface area (Å²) in [7, 11) is 0. The summed E-state index contributed by atoms with van der Waals surface area (Å²) < 4.78 is 43.7. The quantitative estimate of drug-likeness (QED) is 0.625.